The van der Waals surface area contributed by atoms with Crippen molar-refractivity contribution in [2.75, 3.05) is 5.73 Å². The van der Waals surface area contributed by atoms with Crippen LogP contribution in [0, 0.1) is 6.92 Å². The second-order valence-corrected chi connectivity index (χ2v) is 3.96. The number of nitrogens with zero attached hydrogens (tertiary/aromatic N) is 5. The van der Waals surface area contributed by atoms with Gasteiger partial charge in [0.15, 0.2) is 5.16 Å². The van der Waals surface area contributed by atoms with Gasteiger partial charge in [-0.15, -0.1) is 10.2 Å². The minimum Gasteiger partial charge on any atom is -0.382 e. The van der Waals surface area contributed by atoms with Crippen LogP contribution in [0.4, 0.5) is 5.82 Å². The molecule has 0 aromatic carbocycles. The van der Waals surface area contributed by atoms with E-state index in [-0.39, 0.29) is 0 Å². The van der Waals surface area contributed by atoms with E-state index >= 15 is 0 Å². The summed E-state index contributed by atoms with van der Waals surface area (Å²) in [4.78, 5) is 8.07. The smallest absolute Gasteiger partial charge is 0.197 e. The van der Waals surface area contributed by atoms with E-state index < -0.39 is 0 Å². The molecule has 6 nitrogen and oxygen atoms in total. The maximum Gasteiger partial charge on any atom is 0.197 e. The van der Waals surface area contributed by atoms with Gasteiger partial charge in [-0.05, 0) is 18.7 Å². The van der Waals surface area contributed by atoms with Crippen molar-refractivity contribution in [1.82, 2.24) is 24.7 Å². The van der Waals surface area contributed by atoms with E-state index in [0.29, 0.717) is 5.82 Å². The van der Waals surface area contributed by atoms with Gasteiger partial charge in [0.2, 0.25) is 0 Å². The third-order valence-electron chi connectivity index (χ3n) is 1.90. The highest BCUT2D eigenvalue weighted by molar-refractivity contribution is 7.99. The van der Waals surface area contributed by atoms with Crippen LogP contribution in [-0.2, 0) is 7.05 Å². The first kappa shape index (κ1) is 9.91. The van der Waals surface area contributed by atoms with Gasteiger partial charge in [0.25, 0.3) is 0 Å². The SMILES string of the molecule is Cc1nnc(Sc2cnc(N)cn2)n1C. The maximum atomic E-state index is 5.44. The van der Waals surface area contributed by atoms with Crippen molar-refractivity contribution < 1.29 is 0 Å². The van der Waals surface area contributed by atoms with Crippen LogP contribution in [0.5, 0.6) is 0 Å². The average molecular weight is 222 g/mol. The minimum atomic E-state index is 0.411. The van der Waals surface area contributed by atoms with Gasteiger partial charge in [-0.25, -0.2) is 9.97 Å². The second-order valence-electron chi connectivity index (χ2n) is 2.97. The van der Waals surface area contributed by atoms with Crippen molar-refractivity contribution >= 4 is 17.6 Å². The predicted molar refractivity (Wildman–Crippen MR) is 56.3 cm³/mol. The number of aryl methyl sites for hydroxylation is 1. The van der Waals surface area contributed by atoms with Gasteiger partial charge in [0.05, 0.1) is 12.4 Å². The summed E-state index contributed by atoms with van der Waals surface area (Å²) in [6.07, 6.45) is 3.13. The predicted octanol–water partition coefficient (Wildman–Crippen LogP) is 0.647. The molecule has 0 aliphatic rings. The summed E-state index contributed by atoms with van der Waals surface area (Å²) in [5.74, 6) is 1.27. The monoisotopic (exact) mass is 222 g/mol. The third-order valence-corrected chi connectivity index (χ3v) is 2.85. The Kier molecular flexibility index (Phi) is 2.55. The fourth-order valence-corrected chi connectivity index (χ4v) is 1.70. The van der Waals surface area contributed by atoms with Gasteiger partial charge >= 0.3 is 0 Å². The summed E-state index contributed by atoms with van der Waals surface area (Å²) >= 11 is 1.40. The van der Waals surface area contributed by atoms with E-state index in [2.05, 4.69) is 20.2 Å². The molecule has 7 heteroatoms. The van der Waals surface area contributed by atoms with Crippen LogP contribution in [0.25, 0.3) is 0 Å². The molecule has 15 heavy (non-hydrogen) atoms. The van der Waals surface area contributed by atoms with Crippen LogP contribution < -0.4 is 5.73 Å². The van der Waals surface area contributed by atoms with E-state index in [9.17, 15) is 0 Å². The lowest BCUT2D eigenvalue weighted by Crippen LogP contribution is -1.95. The molecule has 0 saturated carbocycles. The molecular weight excluding hydrogens is 212 g/mol. The van der Waals surface area contributed by atoms with Gasteiger partial charge < -0.3 is 10.3 Å². The number of nitrogens with two attached hydrogens (primary N) is 1. The minimum absolute atomic E-state index is 0.411. The van der Waals surface area contributed by atoms with Crippen LogP contribution in [-0.4, -0.2) is 24.7 Å². The summed E-state index contributed by atoms with van der Waals surface area (Å²) in [6, 6.07) is 0. The molecule has 2 rings (SSSR count). The van der Waals surface area contributed by atoms with E-state index in [4.69, 9.17) is 5.73 Å². The van der Waals surface area contributed by atoms with E-state index in [0.717, 1.165) is 16.0 Å². The van der Waals surface area contributed by atoms with Crippen molar-refractivity contribution in [3.8, 4) is 0 Å². The van der Waals surface area contributed by atoms with Crippen LogP contribution in [0.3, 0.4) is 0 Å². The number of rotatable bonds is 2. The number of hydrogen-bond donors (Lipinski definition) is 1. The zero-order valence-corrected chi connectivity index (χ0v) is 9.19. The lowest BCUT2D eigenvalue weighted by Gasteiger charge is -2.00. The van der Waals surface area contributed by atoms with Gasteiger partial charge in [-0.3, -0.25) is 0 Å². The number of nitrogen functional groups attached to an aromatic ring is 1. The average Bonchev–Trinajstić information content (AvgIpc) is 2.53. The van der Waals surface area contributed by atoms with Crippen molar-refractivity contribution in [2.45, 2.75) is 17.1 Å². The molecule has 0 amide bonds. The molecule has 0 aliphatic heterocycles. The lowest BCUT2D eigenvalue weighted by atomic mass is 10.7. The fraction of sp³-hybridized carbons (Fsp3) is 0.250. The molecule has 0 bridgehead atoms. The third kappa shape index (κ3) is 2.07. The maximum absolute atomic E-state index is 5.44. The highest BCUT2D eigenvalue weighted by Gasteiger charge is 2.07. The Morgan fingerprint density at radius 2 is 2.07 bits per heavy atom. The molecule has 2 N–H and O–H groups in total. The summed E-state index contributed by atoms with van der Waals surface area (Å²) < 4.78 is 1.89. The first-order valence-electron chi connectivity index (χ1n) is 4.28. The molecule has 0 spiro atoms. The van der Waals surface area contributed by atoms with Crippen LogP contribution in [0.15, 0.2) is 22.6 Å². The molecule has 78 valence electrons. The highest BCUT2D eigenvalue weighted by atomic mass is 32.2. The standard InChI is InChI=1S/C8H10N6S/c1-5-12-13-8(14(5)2)15-7-4-10-6(9)3-11-7/h3-4H,1-2H3,(H2,9,10). The Hall–Kier alpha value is -1.63. The Morgan fingerprint density at radius 1 is 1.27 bits per heavy atom. The number of anilines is 1. The topological polar surface area (TPSA) is 82.5 Å². The lowest BCUT2D eigenvalue weighted by molar-refractivity contribution is 0.764. The van der Waals surface area contributed by atoms with Gasteiger partial charge in [0, 0.05) is 7.05 Å². The fourth-order valence-electron chi connectivity index (χ4n) is 0.949. The summed E-state index contributed by atoms with van der Waals surface area (Å²) in [5, 5.41) is 9.49. The van der Waals surface area contributed by atoms with Gasteiger partial charge in [0.1, 0.15) is 16.7 Å². The largest absolute Gasteiger partial charge is 0.382 e. The van der Waals surface area contributed by atoms with Gasteiger partial charge in [-0.1, -0.05) is 0 Å². The molecule has 2 heterocycles. The molecular formula is C8H10N6S. The van der Waals surface area contributed by atoms with Crippen LogP contribution in [0.1, 0.15) is 5.82 Å². The van der Waals surface area contributed by atoms with Crippen LogP contribution in [0.2, 0.25) is 0 Å². The Morgan fingerprint density at radius 3 is 2.60 bits per heavy atom. The number of hydrogen-bond acceptors (Lipinski definition) is 6. The molecule has 0 radical (unpaired) electrons. The highest BCUT2D eigenvalue weighted by Crippen LogP contribution is 2.23. The van der Waals surface area contributed by atoms with E-state index in [1.807, 2.05) is 18.5 Å². The molecule has 0 aliphatic carbocycles. The molecule has 0 unspecified atom stereocenters. The Labute approximate surface area is 90.9 Å². The summed E-state index contributed by atoms with van der Waals surface area (Å²) in [7, 11) is 1.91. The molecule has 2 aromatic rings. The second kappa shape index (κ2) is 3.85. The molecule has 2 aromatic heterocycles. The first-order chi connectivity index (χ1) is 7.16. The Balaban J connectivity index is 2.22. The van der Waals surface area contributed by atoms with Crippen molar-refractivity contribution in [3.05, 3.63) is 18.2 Å². The normalized spacial score (nSPS) is 10.5. The van der Waals surface area contributed by atoms with E-state index in [1.165, 1.54) is 18.0 Å². The quantitative estimate of drug-likeness (QED) is 0.803. The summed E-state index contributed by atoms with van der Waals surface area (Å²) in [6.45, 7) is 1.89. The number of aromatic nitrogens is 5. The van der Waals surface area contributed by atoms with Crippen molar-refractivity contribution in [3.63, 3.8) is 0 Å². The Bertz CT molecular complexity index is 462. The van der Waals surface area contributed by atoms with E-state index in [1.54, 1.807) is 6.20 Å². The van der Waals surface area contributed by atoms with Crippen molar-refractivity contribution in [2.24, 2.45) is 7.05 Å². The molecule has 0 atom stereocenters. The zero-order chi connectivity index (χ0) is 10.8. The summed E-state index contributed by atoms with van der Waals surface area (Å²) in [5.41, 5.74) is 5.44. The van der Waals surface area contributed by atoms with Crippen LogP contribution >= 0.6 is 11.8 Å². The zero-order valence-electron chi connectivity index (χ0n) is 8.38. The molecule has 0 fully saturated rings. The molecule has 0 saturated heterocycles. The van der Waals surface area contributed by atoms with Gasteiger partial charge in [-0.2, -0.15) is 0 Å². The van der Waals surface area contributed by atoms with Crippen molar-refractivity contribution in [1.29, 1.82) is 0 Å². The first-order valence-corrected chi connectivity index (χ1v) is 5.10.